The van der Waals surface area contributed by atoms with Crippen molar-refractivity contribution in [2.45, 2.75) is 50.5 Å². The monoisotopic (exact) mass is 412 g/mol. The Labute approximate surface area is 176 Å². The third-order valence-corrected chi connectivity index (χ3v) is 5.25. The summed E-state index contributed by atoms with van der Waals surface area (Å²) in [6, 6.07) is 10.9. The first kappa shape index (κ1) is 20.6. The van der Waals surface area contributed by atoms with E-state index in [4.69, 9.17) is 14.2 Å². The number of ether oxygens (including phenoxy) is 3. The van der Waals surface area contributed by atoms with Crippen molar-refractivity contribution in [2.24, 2.45) is 0 Å². The van der Waals surface area contributed by atoms with Crippen molar-refractivity contribution in [3.63, 3.8) is 0 Å². The molecule has 0 saturated carbocycles. The summed E-state index contributed by atoms with van der Waals surface area (Å²) in [5.74, 6) is 1.02. The van der Waals surface area contributed by atoms with Gasteiger partial charge in [0.05, 0.1) is 31.0 Å². The molecule has 2 fully saturated rings. The van der Waals surface area contributed by atoms with Crippen LogP contribution in [0, 0.1) is 0 Å². The van der Waals surface area contributed by atoms with Crippen LogP contribution in [0.2, 0.25) is 0 Å². The second kappa shape index (κ2) is 8.57. The zero-order valence-corrected chi connectivity index (χ0v) is 17.5. The van der Waals surface area contributed by atoms with Crippen molar-refractivity contribution < 1.29 is 19.0 Å². The molecule has 3 heterocycles. The van der Waals surface area contributed by atoms with E-state index in [-0.39, 0.29) is 42.2 Å². The first-order valence-corrected chi connectivity index (χ1v) is 10.2. The third kappa shape index (κ3) is 4.71. The summed E-state index contributed by atoms with van der Waals surface area (Å²) in [7, 11) is 0. The predicted molar refractivity (Wildman–Crippen MR) is 111 cm³/mol. The lowest BCUT2D eigenvalue weighted by Gasteiger charge is -2.21. The molecule has 0 bridgehead atoms. The highest BCUT2D eigenvalue weighted by molar-refractivity contribution is 5.78. The van der Waals surface area contributed by atoms with Gasteiger partial charge < -0.3 is 24.8 Å². The molecule has 160 valence electrons. The van der Waals surface area contributed by atoms with Crippen LogP contribution in [0.3, 0.4) is 0 Å². The number of fused-ring (bicyclic) bond motifs is 1. The molecule has 2 N–H and O–H groups in total. The number of rotatable bonds is 6. The molecule has 2 saturated heterocycles. The number of hydrogen-bond acceptors (Lipinski definition) is 7. The van der Waals surface area contributed by atoms with Gasteiger partial charge in [-0.15, -0.1) is 0 Å². The number of benzene rings is 1. The minimum Gasteiger partial charge on any atom is -0.484 e. The highest BCUT2D eigenvalue weighted by Crippen LogP contribution is 2.29. The fraction of sp³-hybridized carbons (Fsp3) is 0.500. The average molecular weight is 412 g/mol. The second-order valence-electron chi connectivity index (χ2n) is 8.64. The highest BCUT2D eigenvalue weighted by atomic mass is 16.6. The van der Waals surface area contributed by atoms with Crippen molar-refractivity contribution in [2.75, 3.05) is 25.1 Å². The molecule has 8 nitrogen and oxygen atoms in total. The zero-order chi connectivity index (χ0) is 21.1. The fourth-order valence-electron chi connectivity index (χ4n) is 3.67. The first-order valence-electron chi connectivity index (χ1n) is 10.2. The van der Waals surface area contributed by atoms with E-state index in [9.17, 15) is 4.79 Å². The number of nitrogens with zero attached hydrogens (tertiary/aromatic N) is 2. The smallest absolute Gasteiger partial charge is 0.258 e. The van der Waals surface area contributed by atoms with Crippen LogP contribution in [0.25, 0.3) is 0 Å². The summed E-state index contributed by atoms with van der Waals surface area (Å²) in [6.45, 7) is 7.15. The Hall–Kier alpha value is -2.71. The van der Waals surface area contributed by atoms with Gasteiger partial charge in [0.25, 0.3) is 5.91 Å². The van der Waals surface area contributed by atoms with E-state index >= 15 is 0 Å². The molecular formula is C22H28N4O4. The summed E-state index contributed by atoms with van der Waals surface area (Å²) in [5, 5.41) is 6.30. The molecule has 1 aromatic heterocycles. The molecule has 0 radical (unpaired) electrons. The number of para-hydroxylation sites is 1. The summed E-state index contributed by atoms with van der Waals surface area (Å²) < 4.78 is 17.4. The fourth-order valence-corrected chi connectivity index (χ4v) is 3.67. The normalized spacial score (nSPS) is 25.6. The van der Waals surface area contributed by atoms with Crippen LogP contribution in [-0.2, 0) is 19.7 Å². The van der Waals surface area contributed by atoms with E-state index in [1.807, 2.05) is 36.4 Å². The Morgan fingerprint density at radius 2 is 1.80 bits per heavy atom. The molecule has 2 aromatic rings. The molecule has 4 rings (SSSR count). The van der Waals surface area contributed by atoms with Gasteiger partial charge in [-0.25, -0.2) is 9.97 Å². The summed E-state index contributed by atoms with van der Waals surface area (Å²) in [5.41, 5.74) is 0.904. The van der Waals surface area contributed by atoms with Gasteiger partial charge in [-0.2, -0.15) is 0 Å². The van der Waals surface area contributed by atoms with Gasteiger partial charge in [0.2, 0.25) is 5.95 Å². The molecular weight excluding hydrogens is 384 g/mol. The predicted octanol–water partition coefficient (Wildman–Crippen LogP) is 1.92. The van der Waals surface area contributed by atoms with Crippen molar-refractivity contribution >= 4 is 11.9 Å². The summed E-state index contributed by atoms with van der Waals surface area (Å²) >= 11 is 0. The minimum atomic E-state index is -0.214. The molecule has 2 aliphatic heterocycles. The Balaban J connectivity index is 1.31. The van der Waals surface area contributed by atoms with E-state index in [1.54, 1.807) is 6.20 Å². The molecule has 2 aliphatic rings. The van der Waals surface area contributed by atoms with Crippen LogP contribution in [0.1, 0.15) is 26.5 Å². The zero-order valence-electron chi connectivity index (χ0n) is 17.5. The van der Waals surface area contributed by atoms with Gasteiger partial charge >= 0.3 is 0 Å². The molecule has 0 spiro atoms. The number of carbonyl (C=O) groups is 1. The van der Waals surface area contributed by atoms with Crippen LogP contribution in [0.15, 0.2) is 42.6 Å². The van der Waals surface area contributed by atoms with Gasteiger partial charge in [0, 0.05) is 11.6 Å². The van der Waals surface area contributed by atoms with Crippen molar-refractivity contribution in [1.29, 1.82) is 0 Å². The summed E-state index contributed by atoms with van der Waals surface area (Å²) in [6.07, 6.45) is 1.37. The van der Waals surface area contributed by atoms with Gasteiger partial charge in [-0.05, 0) is 18.2 Å². The van der Waals surface area contributed by atoms with Crippen molar-refractivity contribution in [3.8, 4) is 5.75 Å². The van der Waals surface area contributed by atoms with E-state index in [0.29, 0.717) is 24.9 Å². The number of hydrogen-bond donors (Lipinski definition) is 2. The minimum absolute atomic E-state index is 0.0486. The maximum Gasteiger partial charge on any atom is 0.258 e. The number of aromatic nitrogens is 2. The maximum absolute atomic E-state index is 12.3. The SMILES string of the molecule is CC(C)(C)c1ccnc(NC2COC3C(NC(=O)COc4ccccc4)COC23)n1. The Kier molecular flexibility index (Phi) is 5.87. The lowest BCUT2D eigenvalue weighted by Crippen LogP contribution is -2.46. The lowest BCUT2D eigenvalue weighted by atomic mass is 9.92. The first-order chi connectivity index (χ1) is 14.4. The van der Waals surface area contributed by atoms with Crippen LogP contribution in [-0.4, -0.2) is 60.0 Å². The van der Waals surface area contributed by atoms with Gasteiger partial charge in [0.15, 0.2) is 6.61 Å². The van der Waals surface area contributed by atoms with E-state index < -0.39 is 0 Å². The van der Waals surface area contributed by atoms with Gasteiger partial charge in [0.1, 0.15) is 18.0 Å². The summed E-state index contributed by atoms with van der Waals surface area (Å²) in [4.78, 5) is 21.2. The van der Waals surface area contributed by atoms with Gasteiger partial charge in [-0.3, -0.25) is 4.79 Å². The molecule has 1 aromatic carbocycles. The van der Waals surface area contributed by atoms with Gasteiger partial charge in [-0.1, -0.05) is 39.0 Å². The molecule has 1 amide bonds. The molecule has 8 heteroatoms. The highest BCUT2D eigenvalue weighted by Gasteiger charge is 2.48. The average Bonchev–Trinajstić information content (AvgIpc) is 3.30. The molecule has 4 atom stereocenters. The van der Waals surface area contributed by atoms with E-state index in [0.717, 1.165) is 5.69 Å². The Bertz CT molecular complexity index is 871. The standard InChI is InChI=1S/C22H28N4O4/c1-22(2,3)17-9-10-23-21(26-17)25-16-12-30-19-15(11-29-20(16)19)24-18(27)13-28-14-7-5-4-6-8-14/h4-10,15-16,19-20H,11-13H2,1-3H3,(H,24,27)(H,23,25,26). The lowest BCUT2D eigenvalue weighted by molar-refractivity contribution is -0.124. The number of anilines is 1. The maximum atomic E-state index is 12.3. The van der Waals surface area contributed by atoms with Crippen LogP contribution < -0.4 is 15.4 Å². The quantitative estimate of drug-likeness (QED) is 0.748. The number of nitrogens with one attached hydrogen (secondary N) is 2. The number of amides is 1. The van der Waals surface area contributed by atoms with Crippen LogP contribution in [0.5, 0.6) is 5.75 Å². The van der Waals surface area contributed by atoms with Crippen molar-refractivity contribution in [3.05, 3.63) is 48.3 Å². The molecule has 30 heavy (non-hydrogen) atoms. The second-order valence-corrected chi connectivity index (χ2v) is 8.64. The largest absolute Gasteiger partial charge is 0.484 e. The molecule has 4 unspecified atom stereocenters. The number of carbonyl (C=O) groups excluding carboxylic acids is 1. The van der Waals surface area contributed by atoms with Crippen molar-refractivity contribution in [1.82, 2.24) is 15.3 Å². The van der Waals surface area contributed by atoms with Crippen LogP contribution >= 0.6 is 0 Å². The van der Waals surface area contributed by atoms with E-state index in [2.05, 4.69) is 41.4 Å². The Morgan fingerprint density at radius 3 is 2.53 bits per heavy atom. The van der Waals surface area contributed by atoms with E-state index in [1.165, 1.54) is 0 Å². The topological polar surface area (TPSA) is 94.6 Å². The van der Waals surface area contributed by atoms with Crippen LogP contribution in [0.4, 0.5) is 5.95 Å². The Morgan fingerprint density at radius 1 is 1.10 bits per heavy atom. The molecule has 0 aliphatic carbocycles. The third-order valence-electron chi connectivity index (χ3n) is 5.25.